The summed E-state index contributed by atoms with van der Waals surface area (Å²) >= 11 is 0. The normalized spacial score (nSPS) is 19.5. The Morgan fingerprint density at radius 1 is 1.16 bits per heavy atom. The van der Waals surface area contributed by atoms with Crippen molar-refractivity contribution in [1.29, 1.82) is 0 Å². The standard InChI is InChI=1S/C23H31F3N4O/c1-14-7-9-15(10-8-14)16-11-18(23(24,25)26)30-19(27-16)12-17(29-30)20(31)28-22(5,6)13-21(2,3)4/h7-10,12,16,18,27H,11,13H2,1-6H3,(H,28,31)/t16-,18-/m1/s1. The summed E-state index contributed by atoms with van der Waals surface area (Å²) < 4.78 is 42.5. The first-order valence-corrected chi connectivity index (χ1v) is 10.5. The van der Waals surface area contributed by atoms with E-state index in [0.29, 0.717) is 6.42 Å². The zero-order chi connectivity index (χ0) is 23.2. The lowest BCUT2D eigenvalue weighted by atomic mass is 9.82. The van der Waals surface area contributed by atoms with Crippen LogP contribution in [0.3, 0.4) is 0 Å². The molecule has 0 unspecified atom stereocenters. The van der Waals surface area contributed by atoms with Gasteiger partial charge in [-0.25, -0.2) is 4.68 Å². The molecule has 2 atom stereocenters. The summed E-state index contributed by atoms with van der Waals surface area (Å²) in [5.41, 5.74) is 1.23. The van der Waals surface area contributed by atoms with Gasteiger partial charge in [-0.05, 0) is 38.2 Å². The fraction of sp³-hybridized carbons (Fsp3) is 0.565. The van der Waals surface area contributed by atoms with Crippen molar-refractivity contribution in [3.8, 4) is 0 Å². The first kappa shape index (κ1) is 23.2. The van der Waals surface area contributed by atoms with Crippen molar-refractivity contribution in [2.75, 3.05) is 5.32 Å². The van der Waals surface area contributed by atoms with E-state index in [0.717, 1.165) is 15.8 Å². The van der Waals surface area contributed by atoms with E-state index in [1.807, 2.05) is 45.0 Å². The minimum atomic E-state index is -4.48. The van der Waals surface area contributed by atoms with E-state index < -0.39 is 29.7 Å². The van der Waals surface area contributed by atoms with Crippen molar-refractivity contribution < 1.29 is 18.0 Å². The van der Waals surface area contributed by atoms with Gasteiger partial charge in [-0.3, -0.25) is 4.79 Å². The van der Waals surface area contributed by atoms with Crippen LogP contribution >= 0.6 is 0 Å². The third-order valence-corrected chi connectivity index (χ3v) is 5.33. The van der Waals surface area contributed by atoms with Crippen molar-refractivity contribution in [3.63, 3.8) is 0 Å². The van der Waals surface area contributed by atoms with Crippen molar-refractivity contribution in [3.05, 3.63) is 47.2 Å². The number of carbonyl (C=O) groups is 1. The number of hydrogen-bond donors (Lipinski definition) is 2. The number of hydrogen-bond acceptors (Lipinski definition) is 3. The third kappa shape index (κ3) is 5.60. The molecular weight excluding hydrogens is 405 g/mol. The molecule has 0 radical (unpaired) electrons. The molecule has 1 aromatic heterocycles. The molecule has 5 nitrogen and oxygen atoms in total. The van der Waals surface area contributed by atoms with Crippen LogP contribution in [-0.4, -0.2) is 27.4 Å². The van der Waals surface area contributed by atoms with Crippen molar-refractivity contribution in [2.24, 2.45) is 5.41 Å². The molecule has 0 bridgehead atoms. The van der Waals surface area contributed by atoms with Crippen LogP contribution in [0.25, 0.3) is 0 Å². The number of nitrogens with zero attached hydrogens (tertiary/aromatic N) is 2. The third-order valence-electron chi connectivity index (χ3n) is 5.33. The Kier molecular flexibility index (Phi) is 5.88. The number of aromatic nitrogens is 2. The highest BCUT2D eigenvalue weighted by molar-refractivity contribution is 5.93. The molecule has 3 rings (SSSR count). The zero-order valence-corrected chi connectivity index (χ0v) is 18.9. The molecule has 31 heavy (non-hydrogen) atoms. The molecule has 0 saturated carbocycles. The Labute approximate surface area is 181 Å². The summed E-state index contributed by atoms with van der Waals surface area (Å²) in [6.45, 7) is 11.9. The Morgan fingerprint density at radius 2 is 1.77 bits per heavy atom. The molecular formula is C23H31F3N4O. The van der Waals surface area contributed by atoms with Gasteiger partial charge in [0.25, 0.3) is 5.91 Å². The van der Waals surface area contributed by atoms with Crippen LogP contribution in [0.15, 0.2) is 30.3 Å². The lowest BCUT2D eigenvalue weighted by molar-refractivity contribution is -0.173. The maximum Gasteiger partial charge on any atom is 0.410 e. The van der Waals surface area contributed by atoms with Gasteiger partial charge in [0.2, 0.25) is 0 Å². The largest absolute Gasteiger partial charge is 0.410 e. The number of anilines is 1. The monoisotopic (exact) mass is 436 g/mol. The van der Waals surface area contributed by atoms with Gasteiger partial charge in [-0.1, -0.05) is 50.6 Å². The molecule has 8 heteroatoms. The number of alkyl halides is 3. The molecule has 1 aliphatic rings. The minimum absolute atomic E-state index is 0.0194. The van der Waals surface area contributed by atoms with E-state index in [2.05, 4.69) is 36.5 Å². The number of aryl methyl sites for hydroxylation is 1. The van der Waals surface area contributed by atoms with Crippen LogP contribution in [0.4, 0.5) is 19.0 Å². The highest BCUT2D eigenvalue weighted by atomic mass is 19.4. The SMILES string of the molecule is Cc1ccc([C@H]2C[C@H](C(F)(F)F)n3nc(C(=O)NC(C)(C)CC(C)(C)C)cc3N2)cc1. The molecule has 2 heterocycles. The molecule has 0 spiro atoms. The van der Waals surface area contributed by atoms with Crippen molar-refractivity contribution >= 4 is 11.7 Å². The fourth-order valence-corrected chi connectivity index (χ4v) is 4.44. The van der Waals surface area contributed by atoms with E-state index in [1.54, 1.807) is 0 Å². The highest BCUT2D eigenvalue weighted by Crippen LogP contribution is 2.43. The van der Waals surface area contributed by atoms with Gasteiger partial charge >= 0.3 is 6.18 Å². The number of carbonyl (C=O) groups excluding carboxylic acids is 1. The number of nitrogens with one attached hydrogen (secondary N) is 2. The molecule has 0 fully saturated rings. The maximum atomic E-state index is 13.9. The quantitative estimate of drug-likeness (QED) is 0.637. The van der Waals surface area contributed by atoms with Crippen LogP contribution in [-0.2, 0) is 0 Å². The van der Waals surface area contributed by atoms with Gasteiger partial charge in [0.1, 0.15) is 5.82 Å². The summed E-state index contributed by atoms with van der Waals surface area (Å²) in [5, 5.41) is 10.1. The summed E-state index contributed by atoms with van der Waals surface area (Å²) in [6.07, 6.45) is -3.97. The Hall–Kier alpha value is -2.51. The summed E-state index contributed by atoms with van der Waals surface area (Å²) in [5.74, 6) is -0.288. The molecule has 2 N–H and O–H groups in total. The Morgan fingerprint density at radius 3 is 2.32 bits per heavy atom. The average molecular weight is 437 g/mol. The number of fused-ring (bicyclic) bond motifs is 1. The second-order valence-electron chi connectivity index (χ2n) is 10.3. The predicted octanol–water partition coefficient (Wildman–Crippen LogP) is 5.80. The van der Waals surface area contributed by atoms with E-state index >= 15 is 0 Å². The number of halogens is 3. The van der Waals surface area contributed by atoms with Crippen LogP contribution in [0.1, 0.15) is 81.2 Å². The molecule has 2 aromatic rings. The molecule has 1 aromatic carbocycles. The number of amides is 1. The molecule has 0 aliphatic carbocycles. The maximum absolute atomic E-state index is 13.9. The fourth-order valence-electron chi connectivity index (χ4n) is 4.44. The molecule has 1 amide bonds. The van der Waals surface area contributed by atoms with Gasteiger partial charge in [0.15, 0.2) is 11.7 Å². The number of rotatable bonds is 4. The van der Waals surface area contributed by atoms with Gasteiger partial charge in [-0.15, -0.1) is 0 Å². The van der Waals surface area contributed by atoms with E-state index in [9.17, 15) is 18.0 Å². The van der Waals surface area contributed by atoms with Gasteiger partial charge in [-0.2, -0.15) is 18.3 Å². The van der Waals surface area contributed by atoms with Crippen molar-refractivity contribution in [1.82, 2.24) is 15.1 Å². The minimum Gasteiger partial charge on any atom is -0.363 e. The van der Waals surface area contributed by atoms with E-state index in [1.165, 1.54) is 6.07 Å². The van der Waals surface area contributed by atoms with Gasteiger partial charge < -0.3 is 10.6 Å². The lowest BCUT2D eigenvalue weighted by Crippen LogP contribution is -2.46. The second kappa shape index (κ2) is 7.88. The van der Waals surface area contributed by atoms with Crippen molar-refractivity contribution in [2.45, 2.75) is 78.2 Å². The first-order chi connectivity index (χ1) is 14.1. The second-order valence-corrected chi connectivity index (χ2v) is 10.3. The first-order valence-electron chi connectivity index (χ1n) is 10.5. The lowest BCUT2D eigenvalue weighted by Gasteiger charge is -2.33. The Bertz CT molecular complexity index is 939. The summed E-state index contributed by atoms with van der Waals surface area (Å²) in [7, 11) is 0. The number of benzene rings is 1. The van der Waals surface area contributed by atoms with E-state index in [4.69, 9.17) is 0 Å². The zero-order valence-electron chi connectivity index (χ0n) is 18.9. The van der Waals surface area contributed by atoms with Gasteiger partial charge in [0, 0.05) is 18.0 Å². The Balaban J connectivity index is 1.89. The summed E-state index contributed by atoms with van der Waals surface area (Å²) in [4.78, 5) is 12.8. The van der Waals surface area contributed by atoms with Crippen LogP contribution in [0.2, 0.25) is 0 Å². The highest BCUT2D eigenvalue weighted by Gasteiger charge is 2.47. The molecule has 1 aliphatic heterocycles. The predicted molar refractivity (Wildman–Crippen MR) is 115 cm³/mol. The van der Waals surface area contributed by atoms with Crippen LogP contribution in [0, 0.1) is 12.3 Å². The molecule has 0 saturated heterocycles. The summed E-state index contributed by atoms with van der Waals surface area (Å²) in [6, 6.07) is 6.48. The topological polar surface area (TPSA) is 59.0 Å². The van der Waals surface area contributed by atoms with Gasteiger partial charge in [0.05, 0.1) is 6.04 Å². The van der Waals surface area contributed by atoms with Crippen LogP contribution in [0.5, 0.6) is 0 Å². The average Bonchev–Trinajstić information content (AvgIpc) is 3.02. The smallest absolute Gasteiger partial charge is 0.363 e. The molecule has 170 valence electrons. The van der Waals surface area contributed by atoms with Crippen LogP contribution < -0.4 is 10.6 Å². The van der Waals surface area contributed by atoms with E-state index in [-0.39, 0.29) is 23.3 Å².